The van der Waals surface area contributed by atoms with Gasteiger partial charge in [0.25, 0.3) is 0 Å². The second-order valence-electron chi connectivity index (χ2n) is 6.14. The van der Waals surface area contributed by atoms with Gasteiger partial charge in [0.1, 0.15) is 0 Å². The van der Waals surface area contributed by atoms with Crippen molar-refractivity contribution in [1.29, 1.82) is 0 Å². The first-order valence-corrected chi connectivity index (χ1v) is 10.6. The Morgan fingerprint density at radius 2 is 1.00 bits per heavy atom. The highest BCUT2D eigenvalue weighted by molar-refractivity contribution is 8.10. The van der Waals surface area contributed by atoms with Gasteiger partial charge in [-0.3, -0.25) is 0 Å². The van der Waals surface area contributed by atoms with Gasteiger partial charge in [0, 0.05) is 0 Å². The van der Waals surface area contributed by atoms with Crippen LogP contribution in [0.5, 0.6) is 0 Å². The Hall–Kier alpha value is -2.06. The van der Waals surface area contributed by atoms with Crippen molar-refractivity contribution in [3.63, 3.8) is 0 Å². The fourth-order valence-electron chi connectivity index (χ4n) is 2.71. The lowest BCUT2D eigenvalue weighted by Gasteiger charge is -2.26. The van der Waals surface area contributed by atoms with Crippen LogP contribution >= 0.6 is 0 Å². The smallest absolute Gasteiger partial charge is 0.222 e. The van der Waals surface area contributed by atoms with E-state index in [1.807, 2.05) is 13.8 Å². The number of aryl methyl sites for hydroxylation is 2. The average molecular weight is 378 g/mol. The van der Waals surface area contributed by atoms with Gasteiger partial charge in [-0.1, -0.05) is 35.4 Å². The number of hydrogen-bond acceptors (Lipinski definition) is 6. The van der Waals surface area contributed by atoms with E-state index < -0.39 is 36.8 Å². The maximum absolute atomic E-state index is 13.3. The molecular formula is C17H18N2O4S2. The highest BCUT2D eigenvalue weighted by atomic mass is 32.3. The summed E-state index contributed by atoms with van der Waals surface area (Å²) in [6, 6.07) is 12.3. The lowest BCUT2D eigenvalue weighted by molar-refractivity contribution is 0.550. The van der Waals surface area contributed by atoms with Crippen LogP contribution in [0, 0.1) is 13.8 Å². The highest BCUT2D eigenvalue weighted by Crippen LogP contribution is 2.39. The first kappa shape index (κ1) is 17.8. The predicted molar refractivity (Wildman–Crippen MR) is 94.1 cm³/mol. The molecule has 0 radical (unpaired) electrons. The Bertz CT molecular complexity index is 938. The molecule has 132 valence electrons. The maximum atomic E-state index is 13.3. The minimum absolute atomic E-state index is 0.0407. The van der Waals surface area contributed by atoms with E-state index in [0.29, 0.717) is 0 Å². The fraction of sp³-hybridized carbons (Fsp3) is 0.294. The van der Waals surface area contributed by atoms with Gasteiger partial charge in [-0.05, 0) is 38.1 Å². The van der Waals surface area contributed by atoms with Crippen LogP contribution < -0.4 is 0 Å². The van der Waals surface area contributed by atoms with Crippen molar-refractivity contribution in [2.24, 2.45) is 10.2 Å². The normalized spacial score (nSPS) is 16.9. The summed E-state index contributed by atoms with van der Waals surface area (Å²) in [6.45, 7) is 2.85. The van der Waals surface area contributed by atoms with E-state index in [0.717, 1.165) is 11.1 Å². The number of sulfone groups is 2. The van der Waals surface area contributed by atoms with Gasteiger partial charge in [0.05, 0.1) is 22.9 Å². The van der Waals surface area contributed by atoms with Crippen molar-refractivity contribution >= 4 is 19.7 Å². The number of hydrogen-bond donors (Lipinski definition) is 0. The number of benzene rings is 2. The standard InChI is InChI=1S/C17H18N2O4S2/c1-13-3-7-15(8-4-13)24(20,21)17(11-18-19-12-17)25(22,23)16-9-5-14(2)6-10-16/h3-10H,11-12H2,1-2H3. The zero-order valence-electron chi connectivity index (χ0n) is 13.9. The summed E-state index contributed by atoms with van der Waals surface area (Å²) in [4.78, 5) is -0.0813. The first-order chi connectivity index (χ1) is 11.7. The molecule has 0 N–H and O–H groups in total. The molecule has 25 heavy (non-hydrogen) atoms. The average Bonchev–Trinajstić information content (AvgIpc) is 3.08. The Morgan fingerprint density at radius 1 is 0.680 bits per heavy atom. The summed E-state index contributed by atoms with van der Waals surface area (Å²) in [6.07, 6.45) is 0. The third-order valence-electron chi connectivity index (χ3n) is 4.37. The molecule has 1 aliphatic heterocycles. The fourth-order valence-corrected chi connectivity index (χ4v) is 7.21. The second kappa shape index (κ2) is 6.03. The van der Waals surface area contributed by atoms with Gasteiger partial charge in [-0.15, -0.1) is 0 Å². The van der Waals surface area contributed by atoms with E-state index in [4.69, 9.17) is 0 Å². The second-order valence-corrected chi connectivity index (χ2v) is 10.9. The topological polar surface area (TPSA) is 93.0 Å². The van der Waals surface area contributed by atoms with E-state index in [-0.39, 0.29) is 9.79 Å². The molecule has 0 fully saturated rings. The quantitative estimate of drug-likeness (QED) is 0.817. The van der Waals surface area contributed by atoms with Gasteiger partial charge >= 0.3 is 0 Å². The molecule has 2 aromatic rings. The van der Waals surface area contributed by atoms with E-state index in [9.17, 15) is 16.8 Å². The molecule has 0 unspecified atom stereocenters. The molecule has 0 atom stereocenters. The first-order valence-electron chi connectivity index (χ1n) is 7.67. The lowest BCUT2D eigenvalue weighted by Crippen LogP contribution is -2.49. The molecular weight excluding hydrogens is 360 g/mol. The van der Waals surface area contributed by atoms with Crippen molar-refractivity contribution < 1.29 is 16.8 Å². The lowest BCUT2D eigenvalue weighted by atomic mass is 10.2. The van der Waals surface area contributed by atoms with Gasteiger partial charge in [-0.2, -0.15) is 10.2 Å². The predicted octanol–water partition coefficient (Wildman–Crippen LogP) is 2.71. The van der Waals surface area contributed by atoms with Crippen molar-refractivity contribution in [2.45, 2.75) is 27.7 Å². The minimum Gasteiger partial charge on any atom is -0.222 e. The van der Waals surface area contributed by atoms with Crippen LogP contribution in [0.1, 0.15) is 11.1 Å². The van der Waals surface area contributed by atoms with Crippen molar-refractivity contribution in [1.82, 2.24) is 0 Å². The van der Waals surface area contributed by atoms with E-state index in [1.54, 1.807) is 24.3 Å². The maximum Gasteiger partial charge on any atom is 0.224 e. The van der Waals surface area contributed by atoms with Crippen LogP contribution in [0.15, 0.2) is 68.6 Å². The third-order valence-corrected chi connectivity index (χ3v) is 9.94. The Morgan fingerprint density at radius 3 is 1.32 bits per heavy atom. The monoisotopic (exact) mass is 378 g/mol. The van der Waals surface area contributed by atoms with Crippen LogP contribution in [0.2, 0.25) is 0 Å². The van der Waals surface area contributed by atoms with Gasteiger partial charge in [0.2, 0.25) is 23.8 Å². The molecule has 6 nitrogen and oxygen atoms in total. The SMILES string of the molecule is Cc1ccc(S(=O)(=O)C2(S(=O)(=O)c3ccc(C)cc3)CN=NC2)cc1. The number of rotatable bonds is 4. The summed E-state index contributed by atoms with van der Waals surface area (Å²) >= 11 is 0. The summed E-state index contributed by atoms with van der Waals surface area (Å²) in [5, 5.41) is 7.44. The molecule has 0 bridgehead atoms. The van der Waals surface area contributed by atoms with E-state index >= 15 is 0 Å². The molecule has 0 saturated heterocycles. The zero-order valence-corrected chi connectivity index (χ0v) is 15.5. The van der Waals surface area contributed by atoms with Gasteiger partial charge in [-0.25, -0.2) is 16.8 Å². The molecule has 8 heteroatoms. The summed E-state index contributed by atoms with van der Waals surface area (Å²) < 4.78 is 50.9. The number of azo groups is 1. The summed E-state index contributed by atoms with van der Waals surface area (Å²) in [5.74, 6) is 0. The molecule has 0 aromatic heterocycles. The minimum atomic E-state index is -4.21. The van der Waals surface area contributed by atoms with Crippen LogP contribution in [-0.2, 0) is 19.7 Å². The Kier molecular flexibility index (Phi) is 4.28. The third kappa shape index (κ3) is 2.69. The Labute approximate surface area is 147 Å². The van der Waals surface area contributed by atoms with Crippen LogP contribution in [-0.4, -0.2) is 34.0 Å². The molecule has 1 aliphatic rings. The number of nitrogens with zero attached hydrogens (tertiary/aromatic N) is 2. The van der Waals surface area contributed by atoms with E-state index in [2.05, 4.69) is 10.2 Å². The van der Waals surface area contributed by atoms with Crippen LogP contribution in [0.4, 0.5) is 0 Å². The van der Waals surface area contributed by atoms with Crippen LogP contribution in [0.25, 0.3) is 0 Å². The van der Waals surface area contributed by atoms with Crippen molar-refractivity contribution in [2.75, 3.05) is 13.1 Å². The Balaban J connectivity index is 2.20. The summed E-state index contributed by atoms with van der Waals surface area (Å²) in [7, 11) is -8.42. The van der Waals surface area contributed by atoms with Gasteiger partial charge < -0.3 is 0 Å². The summed E-state index contributed by atoms with van der Waals surface area (Å²) in [5.41, 5.74) is 1.77. The molecule has 2 aromatic carbocycles. The van der Waals surface area contributed by atoms with Crippen LogP contribution in [0.3, 0.4) is 0 Å². The van der Waals surface area contributed by atoms with Crippen molar-refractivity contribution in [3.8, 4) is 0 Å². The van der Waals surface area contributed by atoms with Crippen molar-refractivity contribution in [3.05, 3.63) is 59.7 Å². The van der Waals surface area contributed by atoms with E-state index in [1.165, 1.54) is 24.3 Å². The van der Waals surface area contributed by atoms with Gasteiger partial charge in [0.15, 0.2) is 0 Å². The molecule has 0 spiro atoms. The highest BCUT2D eigenvalue weighted by Gasteiger charge is 2.58. The molecule has 0 saturated carbocycles. The molecule has 1 heterocycles. The molecule has 0 amide bonds. The molecule has 0 aliphatic carbocycles. The zero-order chi connectivity index (χ0) is 18.3. The molecule has 3 rings (SSSR count). The largest absolute Gasteiger partial charge is 0.224 e.